The Bertz CT molecular complexity index is 1050. The Balaban J connectivity index is 1.64. The zero-order valence-electron chi connectivity index (χ0n) is 15.1. The molecule has 0 atom stereocenters. The average Bonchev–Trinajstić information content (AvgIpc) is 3.08. The van der Waals surface area contributed by atoms with Crippen LogP contribution in [0.25, 0.3) is 16.5 Å². The minimum atomic E-state index is 0.109. The van der Waals surface area contributed by atoms with Gasteiger partial charge < -0.3 is 9.88 Å². The Kier molecular flexibility index (Phi) is 5.35. The van der Waals surface area contributed by atoms with Gasteiger partial charge in [-0.15, -0.1) is 0 Å². The van der Waals surface area contributed by atoms with Crippen LogP contribution in [0.3, 0.4) is 0 Å². The molecule has 0 aliphatic carbocycles. The molecule has 0 saturated carbocycles. The van der Waals surface area contributed by atoms with Crippen molar-refractivity contribution >= 4 is 54.1 Å². The first-order chi connectivity index (χ1) is 13.0. The van der Waals surface area contributed by atoms with Crippen LogP contribution in [0.1, 0.15) is 27.9 Å². The minimum absolute atomic E-state index is 0.109. The highest BCUT2D eigenvalue weighted by Gasteiger charge is 2.16. The van der Waals surface area contributed by atoms with Crippen LogP contribution in [-0.2, 0) is 6.42 Å². The van der Waals surface area contributed by atoms with Crippen molar-refractivity contribution in [1.29, 1.82) is 0 Å². The van der Waals surface area contributed by atoms with Gasteiger partial charge in [0.15, 0.2) is 5.78 Å². The van der Waals surface area contributed by atoms with E-state index in [9.17, 15) is 4.79 Å². The summed E-state index contributed by atoms with van der Waals surface area (Å²) < 4.78 is 1.71. The topological polar surface area (TPSA) is 36.1 Å². The summed E-state index contributed by atoms with van der Waals surface area (Å²) in [6.45, 7) is 2.06. The first kappa shape index (κ1) is 18.7. The molecule has 5 heteroatoms. The zero-order valence-corrected chi connectivity index (χ0v) is 18.2. The summed E-state index contributed by atoms with van der Waals surface area (Å²) in [7, 11) is 2.15. The van der Waals surface area contributed by atoms with Crippen molar-refractivity contribution in [1.82, 2.24) is 9.88 Å². The van der Waals surface area contributed by atoms with Crippen molar-refractivity contribution in [3.63, 3.8) is 0 Å². The predicted molar refractivity (Wildman–Crippen MR) is 118 cm³/mol. The molecule has 1 aliphatic heterocycles. The molecule has 0 bridgehead atoms. The van der Waals surface area contributed by atoms with E-state index in [1.807, 2.05) is 24.3 Å². The number of aromatic nitrogens is 1. The molecule has 4 rings (SSSR count). The lowest BCUT2D eigenvalue weighted by atomic mass is 9.96. The van der Waals surface area contributed by atoms with Crippen molar-refractivity contribution in [3.05, 3.63) is 74.3 Å². The maximum absolute atomic E-state index is 12.8. The molecule has 1 aliphatic rings. The fourth-order valence-corrected chi connectivity index (χ4v) is 4.41. The van der Waals surface area contributed by atoms with E-state index >= 15 is 0 Å². The van der Waals surface area contributed by atoms with E-state index in [0.29, 0.717) is 12.0 Å². The monoisotopic (exact) mass is 486 g/mol. The number of Topliss-reactive ketones (excluding diaryl/α,β-unsaturated/α-hetero) is 1. The van der Waals surface area contributed by atoms with Crippen molar-refractivity contribution in [3.8, 4) is 0 Å². The maximum atomic E-state index is 12.8. The lowest BCUT2D eigenvalue weighted by Gasteiger charge is -2.21. The summed E-state index contributed by atoms with van der Waals surface area (Å²) in [6.07, 6.45) is 5.84. The summed E-state index contributed by atoms with van der Waals surface area (Å²) in [4.78, 5) is 18.5. The molecule has 3 nitrogen and oxygen atoms in total. The van der Waals surface area contributed by atoms with Crippen molar-refractivity contribution in [2.45, 2.75) is 12.8 Å². The molecule has 2 aromatic carbocycles. The molecule has 1 N–H and O–H groups in total. The number of ketones is 1. The van der Waals surface area contributed by atoms with E-state index < -0.39 is 0 Å². The normalized spacial score (nSPS) is 15.1. The lowest BCUT2D eigenvalue weighted by Crippen LogP contribution is -2.23. The number of carbonyl (C=O) groups excluding carboxylic acids is 1. The van der Waals surface area contributed by atoms with Crippen LogP contribution in [0.2, 0.25) is 0 Å². The Hall–Kier alpha value is -1.69. The number of likely N-dealkylation sites (N-methyl/N-ethyl adjacent to an activating group) is 1. The van der Waals surface area contributed by atoms with Crippen LogP contribution in [0.15, 0.2) is 57.6 Å². The van der Waals surface area contributed by atoms with Crippen LogP contribution in [-0.4, -0.2) is 35.8 Å². The Labute approximate surface area is 175 Å². The van der Waals surface area contributed by atoms with E-state index in [0.717, 1.165) is 39.5 Å². The standard InChI is InChI=1S/C22H20Br2N2O/c1-26-9-7-15(8-10-26)18-13-25-20-6-5-14(11-17(18)20)12-21(27)16-3-2-4-19(23)22(16)24/h2-7,11,13,25H,8-10,12H2,1H3. The van der Waals surface area contributed by atoms with E-state index in [4.69, 9.17) is 0 Å². The van der Waals surface area contributed by atoms with Gasteiger partial charge in [0.25, 0.3) is 0 Å². The van der Waals surface area contributed by atoms with Gasteiger partial charge in [0, 0.05) is 56.7 Å². The Morgan fingerprint density at radius 2 is 2.07 bits per heavy atom. The number of aromatic amines is 1. The van der Waals surface area contributed by atoms with Gasteiger partial charge in [-0.1, -0.05) is 24.3 Å². The second-order valence-corrected chi connectivity index (χ2v) is 8.67. The first-order valence-electron chi connectivity index (χ1n) is 8.98. The highest BCUT2D eigenvalue weighted by Crippen LogP contribution is 2.31. The highest BCUT2D eigenvalue weighted by molar-refractivity contribution is 9.13. The van der Waals surface area contributed by atoms with E-state index in [1.54, 1.807) is 0 Å². The number of nitrogens with zero attached hydrogens (tertiary/aromatic N) is 1. The number of rotatable bonds is 4. The fourth-order valence-electron chi connectivity index (χ4n) is 3.56. The third kappa shape index (κ3) is 3.82. The number of carbonyl (C=O) groups is 1. The summed E-state index contributed by atoms with van der Waals surface area (Å²) in [5.41, 5.74) is 5.50. The first-order valence-corrected chi connectivity index (χ1v) is 10.6. The average molecular weight is 488 g/mol. The third-order valence-electron chi connectivity index (χ3n) is 5.12. The molecular weight excluding hydrogens is 468 g/mol. The minimum Gasteiger partial charge on any atom is -0.361 e. The maximum Gasteiger partial charge on any atom is 0.168 e. The Morgan fingerprint density at radius 1 is 1.22 bits per heavy atom. The highest BCUT2D eigenvalue weighted by atomic mass is 79.9. The van der Waals surface area contributed by atoms with Crippen LogP contribution < -0.4 is 0 Å². The molecule has 138 valence electrons. The Morgan fingerprint density at radius 3 is 2.85 bits per heavy atom. The second-order valence-electron chi connectivity index (χ2n) is 7.03. The van der Waals surface area contributed by atoms with Gasteiger partial charge in [-0.3, -0.25) is 4.79 Å². The summed E-state index contributed by atoms with van der Waals surface area (Å²) in [5.74, 6) is 0.109. The molecule has 1 aromatic heterocycles. The van der Waals surface area contributed by atoms with Gasteiger partial charge >= 0.3 is 0 Å². The molecule has 0 spiro atoms. The van der Waals surface area contributed by atoms with Crippen molar-refractivity contribution in [2.24, 2.45) is 0 Å². The predicted octanol–water partition coefficient (Wildman–Crippen LogP) is 5.84. The molecule has 27 heavy (non-hydrogen) atoms. The molecular formula is C22H20Br2N2O. The van der Waals surface area contributed by atoms with Crippen molar-refractivity contribution in [2.75, 3.05) is 20.1 Å². The quantitative estimate of drug-likeness (QED) is 0.469. The van der Waals surface area contributed by atoms with Gasteiger partial charge in [-0.05, 0) is 74.7 Å². The van der Waals surface area contributed by atoms with Crippen LogP contribution in [0.5, 0.6) is 0 Å². The molecule has 0 radical (unpaired) electrons. The van der Waals surface area contributed by atoms with E-state index in [-0.39, 0.29) is 5.78 Å². The van der Waals surface area contributed by atoms with Gasteiger partial charge in [-0.25, -0.2) is 0 Å². The summed E-state index contributed by atoms with van der Waals surface area (Å²) in [5, 5.41) is 1.20. The van der Waals surface area contributed by atoms with Crippen LogP contribution in [0.4, 0.5) is 0 Å². The van der Waals surface area contributed by atoms with E-state index in [1.165, 1.54) is 16.5 Å². The molecule has 3 aromatic rings. The lowest BCUT2D eigenvalue weighted by molar-refractivity contribution is 0.0992. The summed E-state index contributed by atoms with van der Waals surface area (Å²) >= 11 is 6.98. The molecule has 0 amide bonds. The van der Waals surface area contributed by atoms with Gasteiger partial charge in [0.2, 0.25) is 0 Å². The largest absolute Gasteiger partial charge is 0.361 e. The SMILES string of the molecule is CN1CC=C(c2c[nH]c3ccc(CC(=O)c4cccc(Br)c4Br)cc23)CC1. The molecule has 0 saturated heterocycles. The van der Waals surface area contributed by atoms with Gasteiger partial charge in [0.05, 0.1) is 0 Å². The van der Waals surface area contributed by atoms with Gasteiger partial charge in [-0.2, -0.15) is 0 Å². The van der Waals surface area contributed by atoms with E-state index in [2.05, 4.69) is 73.2 Å². The zero-order chi connectivity index (χ0) is 19.0. The van der Waals surface area contributed by atoms with Crippen LogP contribution in [0, 0.1) is 0 Å². The number of benzene rings is 2. The number of halogens is 2. The number of nitrogens with one attached hydrogen (secondary N) is 1. The third-order valence-corrected chi connectivity index (χ3v) is 7.17. The number of hydrogen-bond acceptors (Lipinski definition) is 2. The molecule has 0 unspecified atom stereocenters. The molecule has 2 heterocycles. The van der Waals surface area contributed by atoms with Crippen molar-refractivity contribution < 1.29 is 4.79 Å². The molecule has 0 fully saturated rings. The number of hydrogen-bond donors (Lipinski definition) is 1. The van der Waals surface area contributed by atoms with Crippen LogP contribution >= 0.6 is 31.9 Å². The second kappa shape index (κ2) is 7.74. The summed E-state index contributed by atoms with van der Waals surface area (Å²) in [6, 6.07) is 11.9. The number of fused-ring (bicyclic) bond motifs is 1. The van der Waals surface area contributed by atoms with Gasteiger partial charge in [0.1, 0.15) is 0 Å². The fraction of sp³-hybridized carbons (Fsp3) is 0.227. The smallest absolute Gasteiger partial charge is 0.168 e. The number of H-pyrrole nitrogens is 1.